The van der Waals surface area contributed by atoms with Crippen LogP contribution in [0.25, 0.3) is 11.3 Å². The van der Waals surface area contributed by atoms with Crippen LogP contribution in [0.1, 0.15) is 32.1 Å². The highest BCUT2D eigenvalue weighted by Gasteiger charge is 2.28. The van der Waals surface area contributed by atoms with E-state index in [0.717, 1.165) is 37.7 Å². The highest BCUT2D eigenvalue weighted by molar-refractivity contribution is 7.93. The first kappa shape index (κ1) is 14.1. The number of anilines is 1. The average molecular weight is 306 g/mol. The van der Waals surface area contributed by atoms with Crippen LogP contribution in [0, 0.1) is 0 Å². The maximum absolute atomic E-state index is 12.3. The second-order valence-electron chi connectivity index (χ2n) is 5.35. The van der Waals surface area contributed by atoms with Gasteiger partial charge in [-0.3, -0.25) is 4.72 Å². The normalized spacial score (nSPS) is 16.8. The summed E-state index contributed by atoms with van der Waals surface area (Å²) in [5, 5.41) is 3.49. The summed E-state index contributed by atoms with van der Waals surface area (Å²) in [5.41, 5.74) is 0.869. The lowest BCUT2D eigenvalue weighted by Crippen LogP contribution is -2.29. The molecule has 1 aromatic carbocycles. The summed E-state index contributed by atoms with van der Waals surface area (Å²) >= 11 is 0. The van der Waals surface area contributed by atoms with Crippen molar-refractivity contribution in [3.63, 3.8) is 0 Å². The first-order valence-corrected chi connectivity index (χ1v) is 8.73. The van der Waals surface area contributed by atoms with E-state index in [0.29, 0.717) is 5.76 Å². The second-order valence-corrected chi connectivity index (χ2v) is 7.31. The van der Waals surface area contributed by atoms with Crippen molar-refractivity contribution in [3.8, 4) is 11.3 Å². The van der Waals surface area contributed by atoms with Gasteiger partial charge < -0.3 is 4.52 Å². The zero-order chi connectivity index (χ0) is 14.7. The Morgan fingerprint density at radius 2 is 1.81 bits per heavy atom. The molecular formula is C15H18N2O3S. The van der Waals surface area contributed by atoms with Crippen molar-refractivity contribution in [2.75, 3.05) is 4.72 Å². The molecule has 0 atom stereocenters. The molecule has 0 spiro atoms. The summed E-state index contributed by atoms with van der Waals surface area (Å²) in [6.07, 6.45) is 4.50. The third-order valence-corrected chi connectivity index (χ3v) is 5.65. The summed E-state index contributed by atoms with van der Waals surface area (Å²) < 4.78 is 32.4. The van der Waals surface area contributed by atoms with E-state index in [-0.39, 0.29) is 11.1 Å². The van der Waals surface area contributed by atoms with Crippen LogP contribution in [-0.4, -0.2) is 18.8 Å². The van der Waals surface area contributed by atoms with Gasteiger partial charge in [-0.05, 0) is 12.8 Å². The first-order valence-electron chi connectivity index (χ1n) is 7.19. The van der Waals surface area contributed by atoms with Gasteiger partial charge in [-0.1, -0.05) is 54.8 Å². The number of hydrogen-bond donors (Lipinski definition) is 1. The number of rotatable bonds is 4. The van der Waals surface area contributed by atoms with E-state index in [2.05, 4.69) is 9.88 Å². The number of nitrogens with zero attached hydrogens (tertiary/aromatic N) is 1. The highest BCUT2D eigenvalue weighted by atomic mass is 32.2. The molecular weight excluding hydrogens is 288 g/mol. The van der Waals surface area contributed by atoms with Gasteiger partial charge in [0.05, 0.1) is 5.25 Å². The average Bonchev–Trinajstić information content (AvgIpc) is 2.97. The van der Waals surface area contributed by atoms with Crippen LogP contribution in [-0.2, 0) is 10.0 Å². The van der Waals surface area contributed by atoms with Crippen molar-refractivity contribution in [2.45, 2.75) is 37.4 Å². The van der Waals surface area contributed by atoms with Gasteiger partial charge in [-0.2, -0.15) is 0 Å². The molecule has 0 aliphatic heterocycles. The van der Waals surface area contributed by atoms with Gasteiger partial charge in [-0.25, -0.2) is 8.42 Å². The fourth-order valence-electron chi connectivity index (χ4n) is 2.67. The van der Waals surface area contributed by atoms with Crippen molar-refractivity contribution < 1.29 is 12.9 Å². The summed E-state index contributed by atoms with van der Waals surface area (Å²) in [4.78, 5) is 0. The van der Waals surface area contributed by atoms with Crippen LogP contribution in [0.15, 0.2) is 40.9 Å². The minimum atomic E-state index is -3.38. The monoisotopic (exact) mass is 306 g/mol. The molecule has 1 fully saturated rings. The Bertz CT molecular complexity index is 689. The molecule has 3 rings (SSSR count). The summed E-state index contributed by atoms with van der Waals surface area (Å²) in [6, 6.07) is 11.1. The minimum absolute atomic E-state index is 0.249. The molecule has 2 aromatic rings. The lowest BCUT2D eigenvalue weighted by Gasteiger charge is -2.21. The Labute approximate surface area is 124 Å². The molecule has 0 radical (unpaired) electrons. The first-order chi connectivity index (χ1) is 10.1. The Balaban J connectivity index is 1.75. The molecule has 112 valence electrons. The van der Waals surface area contributed by atoms with Crippen molar-refractivity contribution in [1.82, 2.24) is 5.16 Å². The molecule has 1 aliphatic rings. The zero-order valence-corrected chi connectivity index (χ0v) is 12.5. The number of benzene rings is 1. The van der Waals surface area contributed by atoms with Crippen LogP contribution in [0.2, 0.25) is 0 Å². The predicted molar refractivity (Wildman–Crippen MR) is 81.4 cm³/mol. The van der Waals surface area contributed by atoms with Crippen molar-refractivity contribution in [2.24, 2.45) is 0 Å². The van der Waals surface area contributed by atoms with Crippen LogP contribution in [0.5, 0.6) is 0 Å². The van der Waals surface area contributed by atoms with Crippen molar-refractivity contribution in [3.05, 3.63) is 36.4 Å². The van der Waals surface area contributed by atoms with Crippen molar-refractivity contribution >= 4 is 15.8 Å². The fourth-order valence-corrected chi connectivity index (χ4v) is 4.17. The molecule has 1 saturated carbocycles. The Morgan fingerprint density at radius 1 is 1.10 bits per heavy atom. The number of sulfonamides is 1. The number of aromatic nitrogens is 1. The van der Waals surface area contributed by atoms with Crippen LogP contribution >= 0.6 is 0 Å². The van der Waals surface area contributed by atoms with Gasteiger partial charge >= 0.3 is 0 Å². The molecule has 0 unspecified atom stereocenters. The van der Waals surface area contributed by atoms with Gasteiger partial charge in [0.15, 0.2) is 11.6 Å². The zero-order valence-electron chi connectivity index (χ0n) is 11.7. The molecule has 0 bridgehead atoms. The minimum Gasteiger partial charge on any atom is -0.354 e. The molecule has 0 amide bonds. The van der Waals surface area contributed by atoms with Gasteiger partial charge in [0.2, 0.25) is 10.0 Å². The second kappa shape index (κ2) is 5.89. The molecule has 5 nitrogen and oxygen atoms in total. The largest absolute Gasteiger partial charge is 0.354 e. The molecule has 0 saturated heterocycles. The molecule has 1 aliphatic carbocycles. The maximum atomic E-state index is 12.3. The molecule has 21 heavy (non-hydrogen) atoms. The summed E-state index contributed by atoms with van der Waals surface area (Å²) in [5.74, 6) is 0.802. The highest BCUT2D eigenvalue weighted by Crippen LogP contribution is 2.27. The lowest BCUT2D eigenvalue weighted by atomic mass is 10.0. The molecule has 1 aromatic heterocycles. The van der Waals surface area contributed by atoms with E-state index in [9.17, 15) is 8.42 Å². The van der Waals surface area contributed by atoms with E-state index in [1.807, 2.05) is 30.3 Å². The quantitative estimate of drug-likeness (QED) is 0.939. The van der Waals surface area contributed by atoms with E-state index in [1.54, 1.807) is 6.07 Å². The smallest absolute Gasteiger partial charge is 0.236 e. The van der Waals surface area contributed by atoms with E-state index in [4.69, 9.17) is 4.52 Å². The number of nitrogens with one attached hydrogen (secondary N) is 1. The maximum Gasteiger partial charge on any atom is 0.236 e. The third kappa shape index (κ3) is 3.26. The molecule has 6 heteroatoms. The standard InChI is InChI=1S/C15H18N2O3S/c18-21(19,13-9-5-2-6-10-13)17-15-11-14(20-16-15)12-7-3-1-4-8-12/h1,3-4,7-8,11,13H,2,5-6,9-10H2,(H,16,17). The van der Waals surface area contributed by atoms with Crippen LogP contribution in [0.4, 0.5) is 5.82 Å². The molecule has 1 N–H and O–H groups in total. The van der Waals surface area contributed by atoms with Crippen LogP contribution < -0.4 is 4.72 Å². The molecule has 1 heterocycles. The van der Waals surface area contributed by atoms with Crippen molar-refractivity contribution in [1.29, 1.82) is 0 Å². The van der Waals surface area contributed by atoms with E-state index < -0.39 is 10.0 Å². The van der Waals surface area contributed by atoms with Gasteiger partial charge in [-0.15, -0.1) is 0 Å². The lowest BCUT2D eigenvalue weighted by molar-refractivity contribution is 0.435. The Hall–Kier alpha value is -1.82. The van der Waals surface area contributed by atoms with E-state index >= 15 is 0 Å². The van der Waals surface area contributed by atoms with Gasteiger partial charge in [0, 0.05) is 11.6 Å². The SMILES string of the molecule is O=S(=O)(Nc1cc(-c2ccccc2)on1)C1CCCCC1. The number of hydrogen-bond acceptors (Lipinski definition) is 4. The fraction of sp³-hybridized carbons (Fsp3) is 0.400. The van der Waals surface area contributed by atoms with E-state index in [1.165, 1.54) is 0 Å². The summed E-state index contributed by atoms with van der Waals surface area (Å²) in [7, 11) is -3.38. The predicted octanol–water partition coefficient (Wildman–Crippen LogP) is 3.42. The third-order valence-electron chi connectivity index (χ3n) is 3.81. The Morgan fingerprint density at radius 3 is 2.52 bits per heavy atom. The van der Waals surface area contributed by atoms with Gasteiger partial charge in [0.1, 0.15) is 0 Å². The van der Waals surface area contributed by atoms with Gasteiger partial charge in [0.25, 0.3) is 0 Å². The van der Waals surface area contributed by atoms with Crippen LogP contribution in [0.3, 0.4) is 0 Å². The summed E-state index contributed by atoms with van der Waals surface area (Å²) in [6.45, 7) is 0. The topological polar surface area (TPSA) is 72.2 Å². The Kier molecular flexibility index (Phi) is 3.96.